The molecule has 17 heavy (non-hydrogen) atoms. The first kappa shape index (κ1) is 13.4. The number of nitrogens with zero attached hydrogens (tertiary/aromatic N) is 1. The Bertz CT molecular complexity index is 404. The van der Waals surface area contributed by atoms with Crippen LogP contribution in [0.25, 0.3) is 0 Å². The van der Waals surface area contributed by atoms with Crippen molar-refractivity contribution in [2.24, 2.45) is 0 Å². The van der Waals surface area contributed by atoms with Crippen LogP contribution >= 0.6 is 12.2 Å². The van der Waals surface area contributed by atoms with Gasteiger partial charge < -0.3 is 10.1 Å². The van der Waals surface area contributed by atoms with Crippen LogP contribution in [0.15, 0.2) is 24.3 Å². The SMILES string of the molecule is CC(C)NC(=S)OCc1ccc([N+](=O)[O-])cc1. The minimum absolute atomic E-state index is 0.0663. The second-order valence-corrected chi connectivity index (χ2v) is 4.17. The Morgan fingerprint density at radius 1 is 1.47 bits per heavy atom. The molecule has 0 aromatic heterocycles. The first-order chi connectivity index (χ1) is 7.99. The Labute approximate surface area is 105 Å². The highest BCUT2D eigenvalue weighted by Crippen LogP contribution is 2.12. The molecule has 1 aromatic rings. The van der Waals surface area contributed by atoms with E-state index in [2.05, 4.69) is 5.32 Å². The van der Waals surface area contributed by atoms with E-state index in [0.717, 1.165) is 5.56 Å². The average molecular weight is 254 g/mol. The van der Waals surface area contributed by atoms with E-state index >= 15 is 0 Å². The zero-order valence-corrected chi connectivity index (χ0v) is 10.5. The molecule has 92 valence electrons. The Balaban J connectivity index is 2.47. The predicted octanol–water partition coefficient (Wildman–Crippen LogP) is 2.39. The van der Waals surface area contributed by atoms with Gasteiger partial charge in [-0.3, -0.25) is 10.1 Å². The second-order valence-electron chi connectivity index (χ2n) is 3.80. The van der Waals surface area contributed by atoms with Crippen molar-refractivity contribution in [2.75, 3.05) is 0 Å². The highest BCUT2D eigenvalue weighted by molar-refractivity contribution is 7.80. The summed E-state index contributed by atoms with van der Waals surface area (Å²) in [5.74, 6) is 0. The predicted molar refractivity (Wildman–Crippen MR) is 68.8 cm³/mol. The van der Waals surface area contributed by atoms with Gasteiger partial charge in [0.05, 0.1) is 4.92 Å². The third kappa shape index (κ3) is 4.78. The van der Waals surface area contributed by atoms with Crippen LogP contribution in [-0.4, -0.2) is 16.1 Å². The summed E-state index contributed by atoms with van der Waals surface area (Å²) in [6, 6.07) is 6.40. The highest BCUT2D eigenvalue weighted by atomic mass is 32.1. The van der Waals surface area contributed by atoms with Gasteiger partial charge in [-0.15, -0.1) is 0 Å². The van der Waals surface area contributed by atoms with E-state index in [4.69, 9.17) is 17.0 Å². The van der Waals surface area contributed by atoms with E-state index in [1.54, 1.807) is 12.1 Å². The number of hydrogen-bond acceptors (Lipinski definition) is 4. The maximum atomic E-state index is 10.4. The lowest BCUT2D eigenvalue weighted by Gasteiger charge is -2.12. The molecule has 0 atom stereocenters. The number of benzene rings is 1. The molecule has 5 nitrogen and oxygen atoms in total. The summed E-state index contributed by atoms with van der Waals surface area (Å²) in [5.41, 5.74) is 0.903. The lowest BCUT2D eigenvalue weighted by atomic mass is 10.2. The van der Waals surface area contributed by atoms with Crippen molar-refractivity contribution in [3.63, 3.8) is 0 Å². The molecule has 1 aromatic carbocycles. The zero-order chi connectivity index (χ0) is 12.8. The summed E-state index contributed by atoms with van der Waals surface area (Å²) in [4.78, 5) is 10.0. The number of ether oxygens (including phenoxy) is 1. The smallest absolute Gasteiger partial charge is 0.269 e. The van der Waals surface area contributed by atoms with E-state index in [1.165, 1.54) is 12.1 Å². The molecule has 0 saturated heterocycles. The molecule has 1 rings (SSSR count). The normalized spacial score (nSPS) is 10.1. The van der Waals surface area contributed by atoms with Crippen LogP contribution < -0.4 is 5.32 Å². The molecule has 0 spiro atoms. The molecule has 1 N–H and O–H groups in total. The first-order valence-corrected chi connectivity index (χ1v) is 5.56. The summed E-state index contributed by atoms with van der Waals surface area (Å²) in [6.07, 6.45) is 0. The van der Waals surface area contributed by atoms with Crippen LogP contribution in [-0.2, 0) is 11.3 Å². The quantitative estimate of drug-likeness (QED) is 0.508. The molecule has 0 heterocycles. The standard InChI is InChI=1S/C11H14N2O3S/c1-8(2)12-11(17)16-7-9-3-5-10(6-4-9)13(14)15/h3-6,8H,7H2,1-2H3,(H,12,17). The lowest BCUT2D eigenvalue weighted by molar-refractivity contribution is -0.384. The van der Waals surface area contributed by atoms with Crippen LogP contribution in [0.1, 0.15) is 19.4 Å². The minimum atomic E-state index is -0.435. The van der Waals surface area contributed by atoms with Crippen molar-refractivity contribution >= 4 is 23.1 Å². The van der Waals surface area contributed by atoms with E-state index in [-0.39, 0.29) is 11.7 Å². The molecule has 0 fully saturated rings. The van der Waals surface area contributed by atoms with E-state index in [1.807, 2.05) is 13.8 Å². The Hall–Kier alpha value is -1.69. The molecular weight excluding hydrogens is 240 g/mol. The van der Waals surface area contributed by atoms with Crippen molar-refractivity contribution in [3.8, 4) is 0 Å². The lowest BCUT2D eigenvalue weighted by Crippen LogP contribution is -2.30. The van der Waals surface area contributed by atoms with E-state index in [0.29, 0.717) is 11.8 Å². The van der Waals surface area contributed by atoms with Crippen LogP contribution in [0.5, 0.6) is 0 Å². The summed E-state index contributed by atoms with van der Waals surface area (Å²) in [5, 5.41) is 13.7. The average Bonchev–Trinajstić information content (AvgIpc) is 2.26. The van der Waals surface area contributed by atoms with Crippen LogP contribution in [0.4, 0.5) is 5.69 Å². The fraction of sp³-hybridized carbons (Fsp3) is 0.364. The van der Waals surface area contributed by atoms with Gasteiger partial charge >= 0.3 is 0 Å². The van der Waals surface area contributed by atoms with Gasteiger partial charge in [0.15, 0.2) is 0 Å². The van der Waals surface area contributed by atoms with Gasteiger partial charge in [0.25, 0.3) is 10.9 Å². The second kappa shape index (κ2) is 6.15. The Morgan fingerprint density at radius 2 is 2.06 bits per heavy atom. The first-order valence-electron chi connectivity index (χ1n) is 5.15. The molecule has 0 saturated carbocycles. The monoisotopic (exact) mass is 254 g/mol. The number of rotatable bonds is 4. The molecule has 0 aliphatic heterocycles. The molecule has 0 aliphatic rings. The van der Waals surface area contributed by atoms with Crippen molar-refractivity contribution in [1.82, 2.24) is 5.32 Å². The van der Waals surface area contributed by atoms with Gasteiger partial charge in [-0.2, -0.15) is 0 Å². The van der Waals surface area contributed by atoms with Crippen molar-refractivity contribution < 1.29 is 9.66 Å². The largest absolute Gasteiger partial charge is 0.466 e. The van der Waals surface area contributed by atoms with Crippen molar-refractivity contribution in [2.45, 2.75) is 26.5 Å². The third-order valence-corrected chi connectivity index (χ3v) is 2.16. The van der Waals surface area contributed by atoms with Crippen LogP contribution in [0.2, 0.25) is 0 Å². The number of nitrogens with one attached hydrogen (secondary N) is 1. The fourth-order valence-electron chi connectivity index (χ4n) is 1.14. The molecule has 0 amide bonds. The topological polar surface area (TPSA) is 64.4 Å². The number of nitro benzene ring substituents is 1. The van der Waals surface area contributed by atoms with Gasteiger partial charge in [-0.05, 0) is 43.8 Å². The number of hydrogen-bond donors (Lipinski definition) is 1. The van der Waals surface area contributed by atoms with Gasteiger partial charge in [0.1, 0.15) is 6.61 Å². The van der Waals surface area contributed by atoms with Crippen LogP contribution in [0, 0.1) is 10.1 Å². The highest BCUT2D eigenvalue weighted by Gasteiger charge is 2.05. The van der Waals surface area contributed by atoms with E-state index < -0.39 is 4.92 Å². The molecular formula is C11H14N2O3S. The number of nitro groups is 1. The molecule has 0 aliphatic carbocycles. The maximum Gasteiger partial charge on any atom is 0.269 e. The Kier molecular flexibility index (Phi) is 4.84. The van der Waals surface area contributed by atoms with Crippen LogP contribution in [0.3, 0.4) is 0 Å². The molecule has 0 radical (unpaired) electrons. The van der Waals surface area contributed by atoms with E-state index in [9.17, 15) is 10.1 Å². The molecule has 6 heteroatoms. The van der Waals surface area contributed by atoms with Crippen molar-refractivity contribution in [1.29, 1.82) is 0 Å². The van der Waals surface area contributed by atoms with Gasteiger partial charge in [-0.1, -0.05) is 0 Å². The third-order valence-electron chi connectivity index (χ3n) is 1.92. The summed E-state index contributed by atoms with van der Waals surface area (Å²) >= 11 is 4.96. The van der Waals surface area contributed by atoms with Gasteiger partial charge in [0.2, 0.25) is 0 Å². The zero-order valence-electron chi connectivity index (χ0n) is 9.67. The molecule has 0 bridgehead atoms. The molecule has 0 unspecified atom stereocenters. The van der Waals surface area contributed by atoms with Gasteiger partial charge in [0, 0.05) is 18.2 Å². The summed E-state index contributed by atoms with van der Waals surface area (Å²) in [7, 11) is 0. The maximum absolute atomic E-state index is 10.4. The fourth-order valence-corrected chi connectivity index (χ4v) is 1.43. The van der Waals surface area contributed by atoms with Crippen molar-refractivity contribution in [3.05, 3.63) is 39.9 Å². The summed E-state index contributed by atoms with van der Waals surface area (Å²) < 4.78 is 5.29. The number of non-ortho nitro benzene ring substituents is 1. The van der Waals surface area contributed by atoms with Gasteiger partial charge in [-0.25, -0.2) is 0 Å². The number of thiocarbonyl (C=S) groups is 1. The minimum Gasteiger partial charge on any atom is -0.466 e. The Morgan fingerprint density at radius 3 is 2.53 bits per heavy atom. The summed E-state index contributed by atoms with van der Waals surface area (Å²) in [6.45, 7) is 4.22.